The molecule has 2 rings (SSSR count). The van der Waals surface area contributed by atoms with Crippen molar-refractivity contribution < 1.29 is 9.53 Å². The zero-order valence-electron chi connectivity index (χ0n) is 10.8. The van der Waals surface area contributed by atoms with Gasteiger partial charge in [0.25, 0.3) is 0 Å². The summed E-state index contributed by atoms with van der Waals surface area (Å²) >= 11 is 0. The second-order valence-electron chi connectivity index (χ2n) is 4.75. The molecule has 1 aliphatic rings. The van der Waals surface area contributed by atoms with Gasteiger partial charge in [0, 0.05) is 25.6 Å². The number of nitrogens with two attached hydrogens (primary N) is 1. The molecule has 1 aliphatic heterocycles. The minimum absolute atomic E-state index is 0.157. The molecule has 1 atom stereocenters. The Morgan fingerprint density at radius 3 is 3.06 bits per heavy atom. The highest BCUT2D eigenvalue weighted by Crippen LogP contribution is 2.17. The van der Waals surface area contributed by atoms with Gasteiger partial charge in [-0.15, -0.1) is 0 Å². The molecule has 0 bridgehead atoms. The molecule has 1 unspecified atom stereocenters. The third-order valence-electron chi connectivity index (χ3n) is 3.36. The number of rotatable bonds is 3. The van der Waals surface area contributed by atoms with Crippen LogP contribution in [0.15, 0.2) is 24.3 Å². The molecule has 0 radical (unpaired) electrons. The van der Waals surface area contributed by atoms with Crippen molar-refractivity contribution in [1.82, 2.24) is 4.90 Å². The molecule has 1 amide bonds. The average molecular weight is 248 g/mol. The summed E-state index contributed by atoms with van der Waals surface area (Å²) in [5, 5.41) is 0. The third kappa shape index (κ3) is 3.23. The number of carbonyl (C=O) groups is 1. The zero-order valence-corrected chi connectivity index (χ0v) is 10.8. The number of nitrogens with zero attached hydrogens (tertiary/aromatic N) is 1. The minimum atomic E-state index is 0.157. The molecule has 1 aromatic carbocycles. The monoisotopic (exact) mass is 248 g/mol. The van der Waals surface area contributed by atoms with E-state index in [0.717, 1.165) is 30.7 Å². The van der Waals surface area contributed by atoms with Gasteiger partial charge in [-0.25, -0.2) is 0 Å². The molecule has 4 heteroatoms. The summed E-state index contributed by atoms with van der Waals surface area (Å²) in [6.45, 7) is 1.39. The molecule has 1 fully saturated rings. The van der Waals surface area contributed by atoms with Crippen molar-refractivity contribution in [1.29, 1.82) is 0 Å². The standard InChI is InChI=1S/C14H20N2O2/c1-18-13-4-2-3-11(9-13)10-16-8-7-12(15)5-6-14(16)17/h2-4,9,12H,5-8,10,15H2,1H3. The summed E-state index contributed by atoms with van der Waals surface area (Å²) in [7, 11) is 1.65. The van der Waals surface area contributed by atoms with Gasteiger partial charge in [0.1, 0.15) is 5.75 Å². The average Bonchev–Trinajstić information content (AvgIpc) is 2.54. The van der Waals surface area contributed by atoms with Crippen LogP contribution in [0.25, 0.3) is 0 Å². The Labute approximate surface area is 108 Å². The highest BCUT2D eigenvalue weighted by molar-refractivity contribution is 5.76. The fraction of sp³-hybridized carbons (Fsp3) is 0.500. The first-order chi connectivity index (χ1) is 8.69. The molecule has 1 aromatic rings. The van der Waals surface area contributed by atoms with E-state index >= 15 is 0 Å². The van der Waals surface area contributed by atoms with Crippen LogP contribution in [0.5, 0.6) is 5.75 Å². The van der Waals surface area contributed by atoms with Crippen LogP contribution in [-0.2, 0) is 11.3 Å². The van der Waals surface area contributed by atoms with Crippen LogP contribution < -0.4 is 10.5 Å². The maximum absolute atomic E-state index is 12.0. The number of benzene rings is 1. The van der Waals surface area contributed by atoms with Crippen LogP contribution in [0.3, 0.4) is 0 Å². The van der Waals surface area contributed by atoms with Crippen LogP contribution in [0.1, 0.15) is 24.8 Å². The van der Waals surface area contributed by atoms with Gasteiger partial charge in [-0.05, 0) is 30.5 Å². The largest absolute Gasteiger partial charge is 0.497 e. The topological polar surface area (TPSA) is 55.6 Å². The van der Waals surface area contributed by atoms with Gasteiger partial charge in [-0.3, -0.25) is 4.79 Å². The Morgan fingerprint density at radius 2 is 2.28 bits per heavy atom. The molecule has 0 spiro atoms. The van der Waals surface area contributed by atoms with Crippen molar-refractivity contribution in [2.75, 3.05) is 13.7 Å². The van der Waals surface area contributed by atoms with Crippen molar-refractivity contribution in [3.05, 3.63) is 29.8 Å². The van der Waals surface area contributed by atoms with Crippen LogP contribution in [0.2, 0.25) is 0 Å². The Balaban J connectivity index is 2.04. The van der Waals surface area contributed by atoms with E-state index in [-0.39, 0.29) is 11.9 Å². The highest BCUT2D eigenvalue weighted by atomic mass is 16.5. The Morgan fingerprint density at radius 1 is 1.44 bits per heavy atom. The quantitative estimate of drug-likeness (QED) is 0.882. The van der Waals surface area contributed by atoms with E-state index < -0.39 is 0 Å². The lowest BCUT2D eigenvalue weighted by molar-refractivity contribution is -0.131. The minimum Gasteiger partial charge on any atom is -0.497 e. The van der Waals surface area contributed by atoms with E-state index in [4.69, 9.17) is 10.5 Å². The number of hydrogen-bond acceptors (Lipinski definition) is 3. The lowest BCUT2D eigenvalue weighted by Gasteiger charge is -2.21. The van der Waals surface area contributed by atoms with Gasteiger partial charge >= 0.3 is 0 Å². The van der Waals surface area contributed by atoms with Crippen molar-refractivity contribution in [2.24, 2.45) is 5.73 Å². The summed E-state index contributed by atoms with van der Waals surface area (Å²) in [6.07, 6.45) is 2.24. The molecule has 2 N–H and O–H groups in total. The number of hydrogen-bond donors (Lipinski definition) is 1. The second kappa shape index (κ2) is 5.87. The maximum atomic E-state index is 12.0. The van der Waals surface area contributed by atoms with Crippen molar-refractivity contribution in [2.45, 2.75) is 31.8 Å². The fourth-order valence-corrected chi connectivity index (χ4v) is 2.22. The van der Waals surface area contributed by atoms with Crippen LogP contribution in [-0.4, -0.2) is 30.5 Å². The van der Waals surface area contributed by atoms with Gasteiger partial charge in [-0.1, -0.05) is 12.1 Å². The van der Waals surface area contributed by atoms with E-state index in [1.807, 2.05) is 29.2 Å². The number of carbonyl (C=O) groups excluding carboxylic acids is 1. The van der Waals surface area contributed by atoms with Crippen molar-refractivity contribution in [3.63, 3.8) is 0 Å². The van der Waals surface area contributed by atoms with Gasteiger partial charge < -0.3 is 15.4 Å². The van der Waals surface area contributed by atoms with Crippen molar-refractivity contribution in [3.8, 4) is 5.75 Å². The smallest absolute Gasteiger partial charge is 0.222 e. The first-order valence-electron chi connectivity index (χ1n) is 6.35. The molecule has 98 valence electrons. The second-order valence-corrected chi connectivity index (χ2v) is 4.75. The van der Waals surface area contributed by atoms with Crippen LogP contribution >= 0.6 is 0 Å². The fourth-order valence-electron chi connectivity index (χ4n) is 2.22. The SMILES string of the molecule is COc1cccc(CN2CCC(N)CCC2=O)c1. The first-order valence-corrected chi connectivity index (χ1v) is 6.35. The summed E-state index contributed by atoms with van der Waals surface area (Å²) in [6, 6.07) is 7.99. The summed E-state index contributed by atoms with van der Waals surface area (Å²) < 4.78 is 5.19. The molecular formula is C14H20N2O2. The third-order valence-corrected chi connectivity index (χ3v) is 3.36. The number of methoxy groups -OCH3 is 1. The molecular weight excluding hydrogens is 228 g/mol. The maximum Gasteiger partial charge on any atom is 0.222 e. The van der Waals surface area contributed by atoms with Crippen molar-refractivity contribution >= 4 is 5.91 Å². The van der Waals surface area contributed by atoms with E-state index in [0.29, 0.717) is 13.0 Å². The van der Waals surface area contributed by atoms with Crippen LogP contribution in [0, 0.1) is 0 Å². The number of amides is 1. The van der Waals surface area contributed by atoms with Gasteiger partial charge in [0.15, 0.2) is 0 Å². The van der Waals surface area contributed by atoms with E-state index in [1.165, 1.54) is 0 Å². The predicted molar refractivity (Wildman–Crippen MR) is 70.2 cm³/mol. The van der Waals surface area contributed by atoms with Gasteiger partial charge in [0.2, 0.25) is 5.91 Å². The van der Waals surface area contributed by atoms with Gasteiger partial charge in [0.05, 0.1) is 7.11 Å². The van der Waals surface area contributed by atoms with E-state index in [2.05, 4.69) is 0 Å². The summed E-state index contributed by atoms with van der Waals surface area (Å²) in [4.78, 5) is 13.8. The molecule has 1 heterocycles. The lowest BCUT2D eigenvalue weighted by atomic mass is 10.1. The molecule has 1 saturated heterocycles. The van der Waals surface area contributed by atoms with Crippen LogP contribution in [0.4, 0.5) is 0 Å². The van der Waals surface area contributed by atoms with E-state index in [1.54, 1.807) is 7.11 Å². The number of likely N-dealkylation sites (tertiary alicyclic amines) is 1. The normalized spacial score (nSPS) is 20.7. The molecule has 4 nitrogen and oxygen atoms in total. The predicted octanol–water partition coefficient (Wildman–Crippen LogP) is 1.53. The molecule has 0 saturated carbocycles. The Hall–Kier alpha value is -1.55. The lowest BCUT2D eigenvalue weighted by Crippen LogP contribution is -2.30. The molecule has 0 aliphatic carbocycles. The number of ether oxygens (including phenoxy) is 1. The Bertz CT molecular complexity index is 420. The highest BCUT2D eigenvalue weighted by Gasteiger charge is 2.20. The molecule has 18 heavy (non-hydrogen) atoms. The molecule has 0 aromatic heterocycles. The summed E-state index contributed by atoms with van der Waals surface area (Å²) in [5.74, 6) is 1.03. The Kier molecular flexibility index (Phi) is 4.20. The first kappa shape index (κ1) is 12.9. The summed E-state index contributed by atoms with van der Waals surface area (Å²) in [5.41, 5.74) is 6.99. The van der Waals surface area contributed by atoms with E-state index in [9.17, 15) is 4.79 Å². The van der Waals surface area contributed by atoms with Gasteiger partial charge in [-0.2, -0.15) is 0 Å². The zero-order chi connectivity index (χ0) is 13.0.